The molecule has 118 valence electrons. The number of hydrogen-bond acceptors (Lipinski definition) is 2. The molecule has 2 aromatic heterocycles. The van der Waals surface area contributed by atoms with Gasteiger partial charge in [0.15, 0.2) is 0 Å². The second-order valence-corrected chi connectivity index (χ2v) is 5.92. The standard InChI is InChI=1S/C18H13FN4O/c19-12-5-6-13-11(9-12)10-15(20-13)17(24)23-8-7-22-16-4-2-1-3-14(16)21-18(22)23/h1-6,9-10,20H,7-8H2. The lowest BCUT2D eigenvalue weighted by molar-refractivity contribution is 0.0985. The highest BCUT2D eigenvalue weighted by Gasteiger charge is 2.29. The van der Waals surface area contributed by atoms with Crippen molar-refractivity contribution in [3.8, 4) is 0 Å². The van der Waals surface area contributed by atoms with Crippen LogP contribution in [0.1, 0.15) is 10.5 Å². The van der Waals surface area contributed by atoms with Crippen molar-refractivity contribution in [2.45, 2.75) is 6.54 Å². The summed E-state index contributed by atoms with van der Waals surface area (Å²) in [6.45, 7) is 1.30. The Morgan fingerprint density at radius 3 is 2.92 bits per heavy atom. The van der Waals surface area contributed by atoms with Gasteiger partial charge < -0.3 is 9.55 Å². The molecule has 0 fully saturated rings. The smallest absolute Gasteiger partial charge is 0.277 e. The molecule has 3 heterocycles. The molecule has 24 heavy (non-hydrogen) atoms. The minimum Gasteiger partial charge on any atom is -0.351 e. The van der Waals surface area contributed by atoms with Gasteiger partial charge in [-0.15, -0.1) is 0 Å². The van der Waals surface area contributed by atoms with Crippen LogP contribution in [0, 0.1) is 5.82 Å². The second kappa shape index (κ2) is 4.67. The third-order valence-electron chi connectivity index (χ3n) is 4.48. The van der Waals surface area contributed by atoms with Gasteiger partial charge >= 0.3 is 0 Å². The van der Waals surface area contributed by atoms with Crippen molar-refractivity contribution < 1.29 is 9.18 Å². The number of nitrogens with zero attached hydrogens (tertiary/aromatic N) is 3. The molecular weight excluding hydrogens is 307 g/mol. The lowest BCUT2D eigenvalue weighted by Crippen LogP contribution is -2.29. The molecule has 0 radical (unpaired) electrons. The molecule has 4 aromatic rings. The Hall–Kier alpha value is -3.15. The number of anilines is 1. The van der Waals surface area contributed by atoms with E-state index in [0.717, 1.165) is 23.1 Å². The Labute approximate surface area is 136 Å². The van der Waals surface area contributed by atoms with Gasteiger partial charge in [-0.1, -0.05) is 12.1 Å². The SMILES string of the molecule is O=C(c1cc2cc(F)ccc2[nH]1)N1CCn2c1nc1ccccc12. The molecule has 6 heteroatoms. The number of imidazole rings is 1. The molecule has 1 N–H and O–H groups in total. The second-order valence-electron chi connectivity index (χ2n) is 5.92. The number of hydrogen-bond donors (Lipinski definition) is 1. The van der Waals surface area contributed by atoms with Crippen LogP contribution in [0.15, 0.2) is 48.5 Å². The summed E-state index contributed by atoms with van der Waals surface area (Å²) in [4.78, 5) is 22.2. The summed E-state index contributed by atoms with van der Waals surface area (Å²) in [5.74, 6) is 0.190. The molecule has 1 amide bonds. The van der Waals surface area contributed by atoms with Crippen LogP contribution in [0.3, 0.4) is 0 Å². The van der Waals surface area contributed by atoms with Crippen molar-refractivity contribution in [2.75, 3.05) is 11.4 Å². The monoisotopic (exact) mass is 320 g/mol. The van der Waals surface area contributed by atoms with E-state index >= 15 is 0 Å². The van der Waals surface area contributed by atoms with Crippen LogP contribution in [0.4, 0.5) is 10.3 Å². The van der Waals surface area contributed by atoms with Crippen molar-refractivity contribution >= 4 is 33.8 Å². The maximum Gasteiger partial charge on any atom is 0.277 e. The zero-order valence-corrected chi connectivity index (χ0v) is 12.7. The Balaban J connectivity index is 1.58. The Bertz CT molecular complexity index is 1110. The summed E-state index contributed by atoms with van der Waals surface area (Å²) in [5.41, 5.74) is 3.09. The summed E-state index contributed by atoms with van der Waals surface area (Å²) in [5, 5.41) is 0.686. The quantitative estimate of drug-likeness (QED) is 0.585. The number of halogens is 1. The average molecular weight is 320 g/mol. The van der Waals surface area contributed by atoms with E-state index < -0.39 is 0 Å². The number of aromatic nitrogens is 3. The van der Waals surface area contributed by atoms with E-state index in [9.17, 15) is 9.18 Å². The molecule has 1 aliphatic heterocycles. The lowest BCUT2D eigenvalue weighted by atomic mass is 10.2. The van der Waals surface area contributed by atoms with Crippen LogP contribution >= 0.6 is 0 Å². The van der Waals surface area contributed by atoms with Gasteiger partial charge in [0.2, 0.25) is 5.95 Å². The topological polar surface area (TPSA) is 53.9 Å². The number of benzene rings is 2. The van der Waals surface area contributed by atoms with E-state index in [-0.39, 0.29) is 11.7 Å². The number of amides is 1. The molecule has 0 saturated heterocycles. The highest BCUT2D eigenvalue weighted by molar-refractivity contribution is 6.07. The van der Waals surface area contributed by atoms with E-state index in [1.165, 1.54) is 12.1 Å². The molecule has 0 unspecified atom stereocenters. The number of carbonyl (C=O) groups excluding carboxylic acids is 1. The lowest BCUT2D eigenvalue weighted by Gasteiger charge is -2.12. The van der Waals surface area contributed by atoms with Crippen molar-refractivity contribution in [1.82, 2.24) is 14.5 Å². The summed E-state index contributed by atoms with van der Waals surface area (Å²) in [6, 6.07) is 14.0. The van der Waals surface area contributed by atoms with Gasteiger partial charge in [0.1, 0.15) is 11.5 Å². The molecular formula is C18H13FN4O. The predicted octanol–water partition coefficient (Wildman–Crippen LogP) is 3.32. The van der Waals surface area contributed by atoms with E-state index in [0.29, 0.717) is 23.6 Å². The summed E-state index contributed by atoms with van der Waals surface area (Å²) in [7, 11) is 0. The third kappa shape index (κ3) is 1.79. The molecule has 0 aliphatic carbocycles. The number of aromatic amines is 1. The molecule has 5 nitrogen and oxygen atoms in total. The molecule has 0 saturated carbocycles. The van der Waals surface area contributed by atoms with Crippen LogP contribution in [0.25, 0.3) is 21.9 Å². The van der Waals surface area contributed by atoms with Gasteiger partial charge in [0.05, 0.1) is 11.0 Å². The van der Waals surface area contributed by atoms with Gasteiger partial charge in [0, 0.05) is 24.0 Å². The molecule has 0 atom stereocenters. The summed E-state index contributed by atoms with van der Waals surface area (Å²) in [6.07, 6.45) is 0. The third-order valence-corrected chi connectivity index (χ3v) is 4.48. The Morgan fingerprint density at radius 1 is 1.12 bits per heavy atom. The van der Waals surface area contributed by atoms with Crippen molar-refractivity contribution in [3.63, 3.8) is 0 Å². The van der Waals surface area contributed by atoms with Gasteiger partial charge in [-0.2, -0.15) is 0 Å². The van der Waals surface area contributed by atoms with Crippen molar-refractivity contribution in [3.05, 3.63) is 60.0 Å². The fourth-order valence-corrected chi connectivity index (χ4v) is 3.35. The van der Waals surface area contributed by atoms with Crippen molar-refractivity contribution in [1.29, 1.82) is 0 Å². The highest BCUT2D eigenvalue weighted by Crippen LogP contribution is 2.28. The first-order valence-corrected chi connectivity index (χ1v) is 7.76. The van der Waals surface area contributed by atoms with Crippen LogP contribution < -0.4 is 4.90 Å². The van der Waals surface area contributed by atoms with E-state index in [4.69, 9.17) is 0 Å². The molecule has 5 rings (SSSR count). The minimum atomic E-state index is -0.316. The first-order chi connectivity index (χ1) is 11.7. The van der Waals surface area contributed by atoms with Crippen LogP contribution in [0.5, 0.6) is 0 Å². The Morgan fingerprint density at radius 2 is 2.00 bits per heavy atom. The fourth-order valence-electron chi connectivity index (χ4n) is 3.35. The molecule has 2 aromatic carbocycles. The van der Waals surface area contributed by atoms with Gasteiger partial charge in [-0.3, -0.25) is 9.69 Å². The normalized spacial score (nSPS) is 13.8. The average Bonchev–Trinajstić information content (AvgIpc) is 3.26. The number of H-pyrrole nitrogens is 1. The number of nitrogens with one attached hydrogen (secondary N) is 1. The first kappa shape index (κ1) is 13.3. The predicted molar refractivity (Wildman–Crippen MR) is 89.7 cm³/mol. The van der Waals surface area contributed by atoms with Crippen LogP contribution in [0.2, 0.25) is 0 Å². The van der Waals surface area contributed by atoms with Gasteiger partial charge in [0.25, 0.3) is 5.91 Å². The van der Waals surface area contributed by atoms with E-state index in [1.54, 1.807) is 17.0 Å². The number of rotatable bonds is 1. The van der Waals surface area contributed by atoms with E-state index in [2.05, 4.69) is 14.5 Å². The summed E-state index contributed by atoms with van der Waals surface area (Å²) < 4.78 is 15.4. The molecule has 0 bridgehead atoms. The van der Waals surface area contributed by atoms with Crippen molar-refractivity contribution in [2.24, 2.45) is 0 Å². The maximum atomic E-state index is 13.3. The molecule has 1 aliphatic rings. The zero-order valence-electron chi connectivity index (χ0n) is 12.7. The van der Waals surface area contributed by atoms with E-state index in [1.807, 2.05) is 24.3 Å². The molecule has 0 spiro atoms. The number of fused-ring (bicyclic) bond motifs is 4. The number of carbonyl (C=O) groups is 1. The largest absolute Gasteiger partial charge is 0.351 e. The highest BCUT2D eigenvalue weighted by atomic mass is 19.1. The van der Waals surface area contributed by atoms with Crippen LogP contribution in [-0.4, -0.2) is 27.0 Å². The minimum absolute atomic E-state index is 0.152. The van der Waals surface area contributed by atoms with Gasteiger partial charge in [-0.05, 0) is 36.4 Å². The Kier molecular flexibility index (Phi) is 2.59. The first-order valence-electron chi connectivity index (χ1n) is 7.76. The fraction of sp³-hybridized carbons (Fsp3) is 0.111. The number of para-hydroxylation sites is 2. The summed E-state index contributed by atoms with van der Waals surface area (Å²) >= 11 is 0. The zero-order chi connectivity index (χ0) is 16.3. The van der Waals surface area contributed by atoms with Gasteiger partial charge in [-0.25, -0.2) is 9.37 Å². The maximum absolute atomic E-state index is 13.3. The van der Waals surface area contributed by atoms with Crippen LogP contribution in [-0.2, 0) is 6.54 Å².